The summed E-state index contributed by atoms with van der Waals surface area (Å²) in [6, 6.07) is 8.30. The SMILES string of the molecule is CCCN(CC)Cc1oc2ccccc2c1CNC. The van der Waals surface area contributed by atoms with Crippen molar-refractivity contribution in [1.29, 1.82) is 0 Å². The Balaban J connectivity index is 2.32. The minimum absolute atomic E-state index is 0.857. The van der Waals surface area contributed by atoms with Crippen LogP contribution in [-0.4, -0.2) is 25.0 Å². The van der Waals surface area contributed by atoms with Crippen LogP contribution in [0.4, 0.5) is 0 Å². The Labute approximate surface area is 115 Å². The lowest BCUT2D eigenvalue weighted by Crippen LogP contribution is -2.24. The van der Waals surface area contributed by atoms with Gasteiger partial charge in [-0.25, -0.2) is 0 Å². The van der Waals surface area contributed by atoms with Gasteiger partial charge in [-0.2, -0.15) is 0 Å². The van der Waals surface area contributed by atoms with Crippen molar-refractivity contribution in [2.24, 2.45) is 0 Å². The fourth-order valence-electron chi connectivity index (χ4n) is 2.52. The van der Waals surface area contributed by atoms with Gasteiger partial charge in [-0.05, 0) is 32.6 Å². The second kappa shape index (κ2) is 6.73. The van der Waals surface area contributed by atoms with Gasteiger partial charge in [-0.15, -0.1) is 0 Å². The molecule has 0 aliphatic rings. The molecule has 2 rings (SSSR count). The van der Waals surface area contributed by atoms with Crippen LogP contribution in [0.1, 0.15) is 31.6 Å². The number of nitrogens with one attached hydrogen (secondary N) is 1. The summed E-state index contributed by atoms with van der Waals surface area (Å²) in [5, 5.41) is 4.48. The molecule has 0 unspecified atom stereocenters. The molecule has 0 fully saturated rings. The topological polar surface area (TPSA) is 28.4 Å². The Morgan fingerprint density at radius 2 is 2.00 bits per heavy atom. The maximum absolute atomic E-state index is 6.05. The summed E-state index contributed by atoms with van der Waals surface area (Å²) in [7, 11) is 1.98. The first-order chi connectivity index (χ1) is 9.30. The van der Waals surface area contributed by atoms with Crippen LogP contribution in [0.15, 0.2) is 28.7 Å². The van der Waals surface area contributed by atoms with Crippen molar-refractivity contribution in [2.45, 2.75) is 33.4 Å². The largest absolute Gasteiger partial charge is 0.459 e. The van der Waals surface area contributed by atoms with Crippen molar-refractivity contribution in [3.05, 3.63) is 35.6 Å². The van der Waals surface area contributed by atoms with Crippen molar-refractivity contribution in [1.82, 2.24) is 10.2 Å². The molecule has 0 aliphatic carbocycles. The van der Waals surface area contributed by atoms with E-state index in [0.717, 1.165) is 37.5 Å². The highest BCUT2D eigenvalue weighted by Gasteiger charge is 2.15. The van der Waals surface area contributed by atoms with E-state index in [9.17, 15) is 0 Å². The molecule has 19 heavy (non-hydrogen) atoms. The fourth-order valence-corrected chi connectivity index (χ4v) is 2.52. The average Bonchev–Trinajstić information content (AvgIpc) is 2.77. The molecule has 0 saturated heterocycles. The number of fused-ring (bicyclic) bond motifs is 1. The normalized spacial score (nSPS) is 11.6. The molecule has 0 bridgehead atoms. The van der Waals surface area contributed by atoms with Crippen LogP contribution in [0.25, 0.3) is 11.0 Å². The van der Waals surface area contributed by atoms with Gasteiger partial charge in [0.05, 0.1) is 6.54 Å². The molecule has 1 N–H and O–H groups in total. The highest BCUT2D eigenvalue weighted by Crippen LogP contribution is 2.26. The maximum Gasteiger partial charge on any atom is 0.134 e. The Morgan fingerprint density at radius 3 is 2.68 bits per heavy atom. The summed E-state index contributed by atoms with van der Waals surface area (Å²) >= 11 is 0. The molecule has 0 saturated carbocycles. The minimum Gasteiger partial charge on any atom is -0.459 e. The van der Waals surface area contributed by atoms with E-state index in [0.29, 0.717) is 0 Å². The zero-order valence-electron chi connectivity index (χ0n) is 12.2. The van der Waals surface area contributed by atoms with E-state index >= 15 is 0 Å². The highest BCUT2D eigenvalue weighted by atomic mass is 16.3. The van der Waals surface area contributed by atoms with Gasteiger partial charge in [0.25, 0.3) is 0 Å². The van der Waals surface area contributed by atoms with Crippen LogP contribution in [0.2, 0.25) is 0 Å². The third-order valence-corrected chi connectivity index (χ3v) is 3.49. The lowest BCUT2D eigenvalue weighted by molar-refractivity contribution is 0.258. The average molecular weight is 260 g/mol. The van der Waals surface area contributed by atoms with Crippen LogP contribution in [0.3, 0.4) is 0 Å². The van der Waals surface area contributed by atoms with Crippen LogP contribution in [0.5, 0.6) is 0 Å². The fraction of sp³-hybridized carbons (Fsp3) is 0.500. The number of hydrogen-bond acceptors (Lipinski definition) is 3. The molecule has 1 aromatic heterocycles. The summed E-state index contributed by atoms with van der Waals surface area (Å²) in [5.74, 6) is 1.10. The van der Waals surface area contributed by atoms with Crippen LogP contribution >= 0.6 is 0 Å². The van der Waals surface area contributed by atoms with E-state index in [1.54, 1.807) is 0 Å². The first-order valence-electron chi connectivity index (χ1n) is 7.16. The lowest BCUT2D eigenvalue weighted by Gasteiger charge is -2.18. The monoisotopic (exact) mass is 260 g/mol. The Kier molecular flexibility index (Phi) is 5.00. The molecule has 2 aromatic rings. The number of benzene rings is 1. The summed E-state index contributed by atoms with van der Waals surface area (Å²) in [4.78, 5) is 2.43. The summed E-state index contributed by atoms with van der Waals surface area (Å²) in [5.41, 5.74) is 2.29. The third kappa shape index (κ3) is 3.17. The zero-order valence-corrected chi connectivity index (χ0v) is 12.2. The van der Waals surface area contributed by atoms with Gasteiger partial charge >= 0.3 is 0 Å². The van der Waals surface area contributed by atoms with Gasteiger partial charge in [0.2, 0.25) is 0 Å². The van der Waals surface area contributed by atoms with Crippen molar-refractivity contribution >= 4 is 11.0 Å². The first kappa shape index (κ1) is 14.1. The van der Waals surface area contributed by atoms with Crippen molar-refractivity contribution in [2.75, 3.05) is 20.1 Å². The second-order valence-corrected chi connectivity index (χ2v) is 4.90. The molecule has 3 heteroatoms. The van der Waals surface area contributed by atoms with Crippen LogP contribution in [-0.2, 0) is 13.1 Å². The molecule has 0 radical (unpaired) electrons. The van der Waals surface area contributed by atoms with Gasteiger partial charge in [0.15, 0.2) is 0 Å². The van der Waals surface area contributed by atoms with E-state index in [1.165, 1.54) is 17.4 Å². The number of furan rings is 1. The number of rotatable bonds is 7. The third-order valence-electron chi connectivity index (χ3n) is 3.49. The van der Waals surface area contributed by atoms with Crippen LogP contribution in [0, 0.1) is 0 Å². The van der Waals surface area contributed by atoms with Crippen molar-refractivity contribution < 1.29 is 4.42 Å². The molecule has 3 nitrogen and oxygen atoms in total. The maximum atomic E-state index is 6.05. The highest BCUT2D eigenvalue weighted by molar-refractivity contribution is 5.82. The number of para-hydroxylation sites is 1. The Hall–Kier alpha value is -1.32. The molecule has 1 aromatic carbocycles. The van der Waals surface area contributed by atoms with Gasteiger partial charge in [-0.1, -0.05) is 32.0 Å². The summed E-state index contributed by atoms with van der Waals surface area (Å²) in [6.07, 6.45) is 1.18. The quantitative estimate of drug-likeness (QED) is 0.827. The molecule has 0 aliphatic heterocycles. The van der Waals surface area contributed by atoms with Gasteiger partial charge in [0.1, 0.15) is 11.3 Å². The molecule has 0 spiro atoms. The minimum atomic E-state index is 0.857. The molecule has 0 amide bonds. The predicted molar refractivity (Wildman–Crippen MR) is 80.2 cm³/mol. The summed E-state index contributed by atoms with van der Waals surface area (Å²) in [6.45, 7) is 8.36. The lowest BCUT2D eigenvalue weighted by atomic mass is 10.1. The van der Waals surface area contributed by atoms with Gasteiger partial charge in [-0.3, -0.25) is 4.90 Å². The van der Waals surface area contributed by atoms with Crippen molar-refractivity contribution in [3.8, 4) is 0 Å². The Bertz CT molecular complexity index is 518. The Morgan fingerprint density at radius 1 is 1.21 bits per heavy atom. The molecule has 104 valence electrons. The predicted octanol–water partition coefficient (Wildman–Crippen LogP) is 3.38. The zero-order chi connectivity index (χ0) is 13.7. The van der Waals surface area contributed by atoms with E-state index in [1.807, 2.05) is 19.2 Å². The molecular weight excluding hydrogens is 236 g/mol. The second-order valence-electron chi connectivity index (χ2n) is 4.90. The number of nitrogens with zero attached hydrogens (tertiary/aromatic N) is 1. The van der Waals surface area contributed by atoms with Crippen molar-refractivity contribution in [3.63, 3.8) is 0 Å². The van der Waals surface area contributed by atoms with E-state index in [-0.39, 0.29) is 0 Å². The van der Waals surface area contributed by atoms with Crippen LogP contribution < -0.4 is 5.32 Å². The number of hydrogen-bond donors (Lipinski definition) is 1. The molecule has 1 heterocycles. The molecular formula is C16H24N2O. The van der Waals surface area contributed by atoms with E-state index in [2.05, 4.69) is 36.2 Å². The molecule has 0 atom stereocenters. The smallest absolute Gasteiger partial charge is 0.134 e. The first-order valence-corrected chi connectivity index (χ1v) is 7.16. The summed E-state index contributed by atoms with van der Waals surface area (Å²) < 4.78 is 6.05. The van der Waals surface area contributed by atoms with Gasteiger partial charge in [0, 0.05) is 17.5 Å². The van der Waals surface area contributed by atoms with E-state index in [4.69, 9.17) is 4.42 Å². The van der Waals surface area contributed by atoms with Gasteiger partial charge < -0.3 is 9.73 Å². The van der Waals surface area contributed by atoms with E-state index < -0.39 is 0 Å². The standard InChI is InChI=1S/C16H24N2O/c1-4-10-18(5-2)12-16-14(11-17-3)13-8-6-7-9-15(13)19-16/h6-9,17H,4-5,10-12H2,1-3H3.